The lowest BCUT2D eigenvalue weighted by Crippen LogP contribution is -2.39. The number of hydrogen-bond donors (Lipinski definition) is 2. The summed E-state index contributed by atoms with van der Waals surface area (Å²) < 4.78 is 5.00. The van der Waals surface area contributed by atoms with E-state index < -0.39 is 12.1 Å². The fraction of sp³-hybridized carbons (Fsp3) is 0.471. The highest BCUT2D eigenvalue weighted by atomic mass is 16.5. The molecular weight excluding hydrogens is 296 g/mol. The molecule has 1 aliphatic rings. The number of nitrogens with one attached hydrogen (secondary N) is 2. The largest absolute Gasteiger partial charge is 0.451 e. The van der Waals surface area contributed by atoms with E-state index >= 15 is 0 Å². The molecule has 0 bridgehead atoms. The third-order valence-corrected chi connectivity index (χ3v) is 3.76. The van der Waals surface area contributed by atoms with Crippen LogP contribution >= 0.6 is 0 Å². The zero-order valence-electron chi connectivity index (χ0n) is 13.6. The van der Waals surface area contributed by atoms with E-state index in [9.17, 15) is 14.4 Å². The van der Waals surface area contributed by atoms with E-state index in [1.54, 1.807) is 12.1 Å². The lowest BCUT2D eigenvalue weighted by Gasteiger charge is -2.13. The maximum atomic E-state index is 12.0. The van der Waals surface area contributed by atoms with Crippen molar-refractivity contribution < 1.29 is 19.1 Å². The van der Waals surface area contributed by atoms with E-state index in [4.69, 9.17) is 4.74 Å². The first kappa shape index (κ1) is 17.0. The Morgan fingerprint density at radius 3 is 2.52 bits per heavy atom. The highest BCUT2D eigenvalue weighted by molar-refractivity contribution is 5.96. The lowest BCUT2D eigenvalue weighted by atomic mass is 10.1. The van der Waals surface area contributed by atoms with Gasteiger partial charge in [0.2, 0.25) is 0 Å². The highest BCUT2D eigenvalue weighted by Crippen LogP contribution is 2.18. The van der Waals surface area contributed by atoms with Gasteiger partial charge < -0.3 is 15.4 Å². The normalized spacial score (nSPS) is 14.7. The van der Waals surface area contributed by atoms with E-state index in [-0.39, 0.29) is 24.4 Å². The van der Waals surface area contributed by atoms with E-state index in [0.717, 1.165) is 24.0 Å². The van der Waals surface area contributed by atoms with Crippen LogP contribution in [0.5, 0.6) is 0 Å². The van der Waals surface area contributed by atoms with Gasteiger partial charge in [-0.2, -0.15) is 0 Å². The van der Waals surface area contributed by atoms with Crippen LogP contribution < -0.4 is 10.6 Å². The molecule has 0 saturated heterocycles. The Morgan fingerprint density at radius 1 is 1.22 bits per heavy atom. The Morgan fingerprint density at radius 2 is 1.91 bits per heavy atom. The van der Waals surface area contributed by atoms with Crippen molar-refractivity contribution in [2.45, 2.75) is 45.8 Å². The van der Waals surface area contributed by atoms with Crippen molar-refractivity contribution in [2.24, 2.45) is 0 Å². The minimum absolute atomic E-state index is 0.216. The summed E-state index contributed by atoms with van der Waals surface area (Å²) in [7, 11) is 0. The van der Waals surface area contributed by atoms with Crippen LogP contribution in [0.25, 0.3) is 0 Å². The van der Waals surface area contributed by atoms with Crippen molar-refractivity contribution >= 4 is 17.8 Å². The Labute approximate surface area is 135 Å². The van der Waals surface area contributed by atoms with Gasteiger partial charge in [-0.05, 0) is 56.9 Å². The Balaban J connectivity index is 1.77. The number of carbonyl (C=O) groups excluding carboxylic acids is 3. The molecule has 0 aromatic heterocycles. The quantitative estimate of drug-likeness (QED) is 0.773. The molecule has 1 atom stereocenters. The molecule has 1 fully saturated rings. The van der Waals surface area contributed by atoms with Gasteiger partial charge >= 0.3 is 5.97 Å². The molecular formula is C17H22N2O4. The highest BCUT2D eigenvalue weighted by Gasteiger charge is 2.27. The lowest BCUT2D eigenvalue weighted by molar-refractivity contribution is -0.153. The summed E-state index contributed by atoms with van der Waals surface area (Å²) in [5, 5.41) is 5.26. The average Bonchev–Trinajstić information content (AvgIpc) is 3.31. The van der Waals surface area contributed by atoms with E-state index in [2.05, 4.69) is 10.6 Å². The molecule has 2 amide bonds. The number of ether oxygens (including phenoxy) is 1. The van der Waals surface area contributed by atoms with Gasteiger partial charge in [0, 0.05) is 11.6 Å². The van der Waals surface area contributed by atoms with Crippen molar-refractivity contribution in [3.8, 4) is 0 Å². The Bertz CT molecular complexity index is 623. The molecule has 1 aromatic rings. The van der Waals surface area contributed by atoms with Crippen LogP contribution in [0.3, 0.4) is 0 Å². The van der Waals surface area contributed by atoms with Crippen molar-refractivity contribution in [3.63, 3.8) is 0 Å². The minimum Gasteiger partial charge on any atom is -0.451 e. The molecule has 6 nitrogen and oxygen atoms in total. The van der Waals surface area contributed by atoms with Gasteiger partial charge in [0.1, 0.15) is 6.54 Å². The van der Waals surface area contributed by atoms with E-state index in [1.165, 1.54) is 6.92 Å². The fourth-order valence-electron chi connectivity index (χ4n) is 1.98. The summed E-state index contributed by atoms with van der Waals surface area (Å²) in [6.45, 7) is 5.12. The first-order valence-corrected chi connectivity index (χ1v) is 7.72. The van der Waals surface area contributed by atoms with Crippen LogP contribution in [0.4, 0.5) is 0 Å². The zero-order chi connectivity index (χ0) is 17.0. The zero-order valence-corrected chi connectivity index (χ0v) is 13.6. The van der Waals surface area contributed by atoms with E-state index in [0.29, 0.717) is 5.56 Å². The molecule has 0 heterocycles. The first-order valence-electron chi connectivity index (χ1n) is 7.72. The van der Waals surface area contributed by atoms with Crippen molar-refractivity contribution in [3.05, 3.63) is 34.9 Å². The maximum Gasteiger partial charge on any atom is 0.326 e. The van der Waals surface area contributed by atoms with Gasteiger partial charge in [0.05, 0.1) is 0 Å². The maximum absolute atomic E-state index is 12.0. The number of amides is 2. The van der Waals surface area contributed by atoms with E-state index in [1.807, 2.05) is 19.9 Å². The minimum atomic E-state index is -0.860. The van der Waals surface area contributed by atoms with Crippen LogP contribution in [-0.2, 0) is 14.3 Å². The second-order valence-electron chi connectivity index (χ2n) is 5.90. The van der Waals surface area contributed by atoms with Crippen LogP contribution in [0.15, 0.2) is 18.2 Å². The fourth-order valence-corrected chi connectivity index (χ4v) is 1.98. The van der Waals surface area contributed by atoms with Gasteiger partial charge in [-0.15, -0.1) is 0 Å². The van der Waals surface area contributed by atoms with Gasteiger partial charge in [-0.25, -0.2) is 0 Å². The molecule has 124 valence electrons. The molecule has 0 spiro atoms. The summed E-state index contributed by atoms with van der Waals surface area (Å²) >= 11 is 0. The third-order valence-electron chi connectivity index (χ3n) is 3.76. The molecule has 0 radical (unpaired) electrons. The molecule has 1 aliphatic carbocycles. The van der Waals surface area contributed by atoms with Crippen molar-refractivity contribution in [1.82, 2.24) is 10.6 Å². The first-order chi connectivity index (χ1) is 10.9. The standard InChI is InChI=1S/C17H22N2O4/c1-10-4-5-13(8-11(10)2)17(22)18-9-15(20)23-12(3)16(21)19-14-6-7-14/h4-5,8,12,14H,6-7,9H2,1-3H3,(H,18,22)(H,19,21)/t12-/m0/s1. The molecule has 23 heavy (non-hydrogen) atoms. The second kappa shape index (κ2) is 7.26. The van der Waals surface area contributed by atoms with Gasteiger partial charge in [0.25, 0.3) is 11.8 Å². The van der Waals surface area contributed by atoms with Gasteiger partial charge in [-0.1, -0.05) is 6.07 Å². The topological polar surface area (TPSA) is 84.5 Å². The molecule has 0 unspecified atom stereocenters. The third kappa shape index (κ3) is 5.09. The molecule has 1 saturated carbocycles. The van der Waals surface area contributed by atoms with Crippen molar-refractivity contribution in [2.75, 3.05) is 6.54 Å². The summed E-state index contributed by atoms with van der Waals surface area (Å²) in [4.78, 5) is 35.4. The Kier molecular flexibility index (Phi) is 5.36. The number of benzene rings is 1. The number of rotatable bonds is 6. The average molecular weight is 318 g/mol. The molecule has 2 rings (SSSR count). The van der Waals surface area contributed by atoms with Crippen LogP contribution in [-0.4, -0.2) is 36.5 Å². The van der Waals surface area contributed by atoms with Crippen LogP contribution in [0, 0.1) is 13.8 Å². The number of aryl methyl sites for hydroxylation is 2. The summed E-state index contributed by atoms with van der Waals surface area (Å²) in [5.74, 6) is -1.29. The number of hydrogen-bond acceptors (Lipinski definition) is 4. The van der Waals surface area contributed by atoms with Gasteiger partial charge in [0.15, 0.2) is 6.10 Å². The number of esters is 1. The molecule has 1 aromatic carbocycles. The van der Waals surface area contributed by atoms with Crippen LogP contribution in [0.1, 0.15) is 41.3 Å². The Hall–Kier alpha value is -2.37. The predicted molar refractivity (Wildman–Crippen MR) is 85.0 cm³/mol. The summed E-state index contributed by atoms with van der Waals surface area (Å²) in [5.41, 5.74) is 2.59. The SMILES string of the molecule is Cc1ccc(C(=O)NCC(=O)O[C@@H](C)C(=O)NC2CC2)cc1C. The molecule has 0 aliphatic heterocycles. The molecule has 6 heteroatoms. The summed E-state index contributed by atoms with van der Waals surface area (Å²) in [6.07, 6.45) is 1.08. The van der Waals surface area contributed by atoms with Crippen LogP contribution in [0.2, 0.25) is 0 Å². The summed E-state index contributed by atoms with van der Waals surface area (Å²) in [6, 6.07) is 5.54. The predicted octanol–water partition coefficient (Wildman–Crippen LogP) is 1.24. The molecule has 2 N–H and O–H groups in total. The monoisotopic (exact) mass is 318 g/mol. The smallest absolute Gasteiger partial charge is 0.326 e. The van der Waals surface area contributed by atoms with Gasteiger partial charge in [-0.3, -0.25) is 14.4 Å². The van der Waals surface area contributed by atoms with Crippen molar-refractivity contribution in [1.29, 1.82) is 0 Å². The second-order valence-corrected chi connectivity index (χ2v) is 5.90. The number of carbonyl (C=O) groups is 3.